The molecule has 0 fully saturated rings. The molecule has 0 bridgehead atoms. The van der Waals surface area contributed by atoms with Gasteiger partial charge >= 0.3 is 199 Å². The van der Waals surface area contributed by atoms with E-state index >= 15 is 0 Å². The van der Waals surface area contributed by atoms with Crippen molar-refractivity contribution in [2.45, 2.75) is 0 Å². The van der Waals surface area contributed by atoms with E-state index in [1.807, 2.05) is 0 Å². The van der Waals surface area contributed by atoms with Gasteiger partial charge in [0.05, 0.1) is 0 Å². The van der Waals surface area contributed by atoms with Gasteiger partial charge in [-0.15, -0.1) is 34.1 Å². The summed E-state index contributed by atoms with van der Waals surface area (Å²) in [4.78, 5) is 0. The van der Waals surface area contributed by atoms with Gasteiger partial charge in [-0.3, -0.25) is 12.6 Å². The first-order valence-corrected chi connectivity index (χ1v) is 4.50. The van der Waals surface area contributed by atoms with Gasteiger partial charge in [0, 0.05) is 0 Å². The summed E-state index contributed by atoms with van der Waals surface area (Å²) in [6, 6.07) is 0. The second-order valence-electron chi connectivity index (χ2n) is 0.612. The standard InChI is InChI=1S/K.5Na.3H2O3S/c;;;;;;3*1-4(2)3/h;;;;;;3*(H2,1,2,3)/q6*+1;;;/p-6. The summed E-state index contributed by atoms with van der Waals surface area (Å²) in [5, 5.41) is 0. The molecule has 18 heteroatoms. The van der Waals surface area contributed by atoms with Gasteiger partial charge in [-0.2, -0.15) is 0 Å². The maximum atomic E-state index is 8.44. The zero-order chi connectivity index (χ0) is 10.7. The molecule has 18 heavy (non-hydrogen) atoms. The Hall–Kier alpha value is 6.85. The third kappa shape index (κ3) is 233. The summed E-state index contributed by atoms with van der Waals surface area (Å²) in [5.74, 6) is 0. The van der Waals surface area contributed by atoms with E-state index in [1.165, 1.54) is 0 Å². The van der Waals surface area contributed by atoms with E-state index in [2.05, 4.69) is 0 Å². The average Bonchev–Trinajstić information content (AvgIpc) is 1.54. The fraction of sp³-hybridized carbons (Fsp3) is 0. The van der Waals surface area contributed by atoms with E-state index in [1.54, 1.807) is 0 Å². The molecular formula is KNa5O9S3. The molecule has 0 aliphatic carbocycles. The summed E-state index contributed by atoms with van der Waals surface area (Å²) in [6.07, 6.45) is 0. The molecule has 0 unspecified atom stereocenters. The van der Waals surface area contributed by atoms with Crippen molar-refractivity contribution in [3.05, 3.63) is 0 Å². The Labute approximate surface area is 266 Å². The van der Waals surface area contributed by atoms with E-state index in [-0.39, 0.29) is 199 Å². The smallest absolute Gasteiger partial charge is 0.784 e. The van der Waals surface area contributed by atoms with E-state index in [9.17, 15) is 0 Å². The molecule has 0 heterocycles. The van der Waals surface area contributed by atoms with Crippen molar-refractivity contribution in [1.29, 1.82) is 0 Å². The first-order chi connectivity index (χ1) is 5.20. The third-order valence-corrected chi connectivity index (χ3v) is 0. The van der Waals surface area contributed by atoms with Crippen molar-refractivity contribution in [3.63, 3.8) is 0 Å². The number of rotatable bonds is 0. The minimum atomic E-state index is -3.11. The maximum absolute atomic E-state index is 8.44. The Bertz CT molecular complexity index is 128. The van der Waals surface area contributed by atoms with Crippen LogP contribution in [0.2, 0.25) is 0 Å². The molecule has 78 valence electrons. The molecule has 0 N–H and O–H groups in total. The molecule has 0 saturated carbocycles. The molecule has 0 aliphatic rings. The van der Waals surface area contributed by atoms with Gasteiger partial charge in [-0.05, 0) is 0 Å². The van der Waals surface area contributed by atoms with Crippen LogP contribution in [-0.4, -0.2) is 39.9 Å². The Morgan fingerprint density at radius 1 is 0.444 bits per heavy atom. The molecule has 0 aromatic heterocycles. The zero-order valence-electron chi connectivity index (χ0n) is 10.9. The van der Waals surface area contributed by atoms with Gasteiger partial charge in [0.25, 0.3) is 0 Å². The molecule has 0 aromatic rings. The van der Waals surface area contributed by atoms with Crippen LogP contribution in [0.1, 0.15) is 0 Å². The summed E-state index contributed by atoms with van der Waals surface area (Å²) >= 11 is -9.33. The monoisotopic (exact) mass is 394 g/mol. The fourth-order valence-corrected chi connectivity index (χ4v) is 0. The SMILES string of the molecule is O=S([O-])[O-].O=S([O-])[O-].O=S([O-])[O-].[K+].[Na+].[Na+].[Na+].[Na+].[Na+]. The van der Waals surface area contributed by atoms with Crippen LogP contribution in [0, 0.1) is 0 Å². The van der Waals surface area contributed by atoms with Gasteiger partial charge in [0.15, 0.2) is 0 Å². The van der Waals surface area contributed by atoms with Crippen molar-refractivity contribution in [2.24, 2.45) is 0 Å². The first kappa shape index (κ1) is 56.3. The van der Waals surface area contributed by atoms with E-state index < -0.39 is 34.1 Å². The molecule has 0 atom stereocenters. The topological polar surface area (TPSA) is 190 Å². The van der Waals surface area contributed by atoms with E-state index in [0.717, 1.165) is 0 Å². The Kier molecular flexibility index (Phi) is 155. The molecular weight excluding hydrogens is 394 g/mol. The third-order valence-electron chi connectivity index (χ3n) is 0. The number of hydrogen-bond donors (Lipinski definition) is 0. The normalized spacial score (nSPS) is 5.83. The second kappa shape index (κ2) is 49.6. The van der Waals surface area contributed by atoms with Crippen LogP contribution < -0.4 is 199 Å². The van der Waals surface area contributed by atoms with Crippen molar-refractivity contribution in [2.75, 3.05) is 0 Å². The van der Waals surface area contributed by atoms with Crippen molar-refractivity contribution >= 4 is 34.1 Å². The van der Waals surface area contributed by atoms with Crippen LogP contribution in [0.3, 0.4) is 0 Å². The van der Waals surface area contributed by atoms with Gasteiger partial charge in [0.1, 0.15) is 0 Å². The summed E-state index contributed by atoms with van der Waals surface area (Å²) in [5.41, 5.74) is 0. The fourth-order valence-electron chi connectivity index (χ4n) is 0. The van der Waals surface area contributed by atoms with Crippen LogP contribution in [0.5, 0.6) is 0 Å². The van der Waals surface area contributed by atoms with Crippen LogP contribution >= 0.6 is 0 Å². The summed E-state index contributed by atoms with van der Waals surface area (Å²) < 4.78 is 76.0. The molecule has 0 aliphatic heterocycles. The first-order valence-electron chi connectivity index (χ1n) is 1.50. The average molecular weight is 394 g/mol. The molecule has 0 amide bonds. The number of hydrogen-bond acceptors (Lipinski definition) is 9. The second-order valence-corrected chi connectivity index (χ2v) is 1.84. The quantitative estimate of drug-likeness (QED) is 0.283. The van der Waals surface area contributed by atoms with Crippen LogP contribution in [0.25, 0.3) is 0 Å². The Morgan fingerprint density at radius 3 is 0.444 bits per heavy atom. The largest absolute Gasteiger partial charge is 1.00 e. The van der Waals surface area contributed by atoms with Crippen molar-refractivity contribution in [1.82, 2.24) is 0 Å². The van der Waals surface area contributed by atoms with Crippen LogP contribution in [0.4, 0.5) is 0 Å². The Morgan fingerprint density at radius 2 is 0.444 bits per heavy atom. The van der Waals surface area contributed by atoms with Crippen LogP contribution in [0.15, 0.2) is 0 Å². The van der Waals surface area contributed by atoms with Gasteiger partial charge in [0.2, 0.25) is 0 Å². The van der Waals surface area contributed by atoms with Crippen molar-refractivity contribution < 1.29 is 239 Å². The molecule has 0 rings (SSSR count). The maximum Gasteiger partial charge on any atom is 1.00 e. The predicted octanol–water partition coefficient (Wildman–Crippen LogP) is -21.0. The van der Waals surface area contributed by atoms with Gasteiger partial charge in [-0.1, -0.05) is 0 Å². The van der Waals surface area contributed by atoms with E-state index in [0.29, 0.717) is 0 Å². The molecule has 0 aromatic carbocycles. The molecule has 0 radical (unpaired) electrons. The Balaban J connectivity index is -0.00000000827. The molecule has 0 saturated heterocycles. The van der Waals surface area contributed by atoms with Crippen LogP contribution in [-0.2, 0) is 34.1 Å². The molecule has 9 nitrogen and oxygen atoms in total. The zero-order valence-corrected chi connectivity index (χ0v) is 26.5. The molecule has 0 spiro atoms. The summed E-state index contributed by atoms with van der Waals surface area (Å²) in [7, 11) is 0. The summed E-state index contributed by atoms with van der Waals surface area (Å²) in [6.45, 7) is 0. The minimum absolute atomic E-state index is 0. The minimum Gasteiger partial charge on any atom is -0.784 e. The van der Waals surface area contributed by atoms with Crippen molar-refractivity contribution in [3.8, 4) is 0 Å². The van der Waals surface area contributed by atoms with Gasteiger partial charge in [-0.25, -0.2) is 0 Å². The van der Waals surface area contributed by atoms with Gasteiger partial charge < -0.3 is 27.3 Å². The van der Waals surface area contributed by atoms with E-state index in [4.69, 9.17) is 39.9 Å². The predicted molar refractivity (Wildman–Crippen MR) is 29.1 cm³/mol.